The van der Waals surface area contributed by atoms with Gasteiger partial charge in [-0.1, -0.05) is 35.9 Å². The molecule has 1 heterocycles. The number of carbonyl (C=O) groups excluding carboxylic acids is 2. The number of benzene rings is 2. The fraction of sp³-hybridized carbons (Fsp3) is 0.238. The average molecular weight is 349 g/mol. The van der Waals surface area contributed by atoms with Crippen LogP contribution in [0.1, 0.15) is 35.2 Å². The topological polar surface area (TPSA) is 70.2 Å². The van der Waals surface area contributed by atoms with Gasteiger partial charge in [-0.2, -0.15) is 0 Å². The molecule has 5 nitrogen and oxygen atoms in total. The molecule has 1 atom stereocenters. The molecule has 0 aromatic heterocycles. The highest BCUT2D eigenvalue weighted by Crippen LogP contribution is 2.28. The Balaban J connectivity index is 1.95. The Kier molecular flexibility index (Phi) is 4.80. The molecule has 0 spiro atoms. The summed E-state index contributed by atoms with van der Waals surface area (Å²) >= 11 is 0. The average Bonchev–Trinajstić information content (AvgIpc) is 2.53. The molecule has 2 aromatic rings. The maximum Gasteiger partial charge on any atom is 0.319 e. The minimum absolute atomic E-state index is 0.231. The summed E-state index contributed by atoms with van der Waals surface area (Å²) in [5.41, 5.74) is 5.96. The molecular formula is C21H23N3O2. The van der Waals surface area contributed by atoms with E-state index >= 15 is 0 Å². The molecule has 26 heavy (non-hydrogen) atoms. The third-order valence-corrected chi connectivity index (χ3v) is 4.40. The van der Waals surface area contributed by atoms with Crippen LogP contribution in [0.4, 0.5) is 10.5 Å². The molecule has 1 aliphatic rings. The Morgan fingerprint density at radius 1 is 0.923 bits per heavy atom. The van der Waals surface area contributed by atoms with Gasteiger partial charge in [0.2, 0.25) is 0 Å². The summed E-state index contributed by atoms with van der Waals surface area (Å²) in [5.74, 6) is -0.231. The second-order valence-corrected chi connectivity index (χ2v) is 6.81. The Hall–Kier alpha value is -3.08. The van der Waals surface area contributed by atoms with Gasteiger partial charge in [-0.15, -0.1) is 0 Å². The molecule has 0 saturated heterocycles. The van der Waals surface area contributed by atoms with E-state index in [-0.39, 0.29) is 11.9 Å². The lowest BCUT2D eigenvalue weighted by molar-refractivity contribution is -0.113. The second kappa shape index (κ2) is 7.04. The number of anilines is 1. The molecule has 0 bridgehead atoms. The van der Waals surface area contributed by atoms with Gasteiger partial charge in [0.1, 0.15) is 0 Å². The van der Waals surface area contributed by atoms with Gasteiger partial charge < -0.3 is 16.0 Å². The Labute approximate surface area is 153 Å². The zero-order chi connectivity index (χ0) is 18.8. The molecule has 3 rings (SSSR count). The fourth-order valence-corrected chi connectivity index (χ4v) is 3.25. The van der Waals surface area contributed by atoms with Crippen LogP contribution in [0.25, 0.3) is 0 Å². The van der Waals surface area contributed by atoms with Crippen molar-refractivity contribution in [3.05, 3.63) is 76.0 Å². The summed E-state index contributed by atoms with van der Waals surface area (Å²) in [6.07, 6.45) is 0. The highest BCUT2D eigenvalue weighted by Gasteiger charge is 2.31. The summed E-state index contributed by atoms with van der Waals surface area (Å²) in [6.45, 7) is 7.73. The van der Waals surface area contributed by atoms with E-state index < -0.39 is 6.04 Å². The van der Waals surface area contributed by atoms with Crippen molar-refractivity contribution in [3.8, 4) is 0 Å². The molecule has 0 fully saturated rings. The van der Waals surface area contributed by atoms with E-state index in [0.29, 0.717) is 11.3 Å². The lowest BCUT2D eigenvalue weighted by Gasteiger charge is -2.28. The smallest absolute Gasteiger partial charge is 0.319 e. The summed E-state index contributed by atoms with van der Waals surface area (Å²) in [6, 6.07) is 12.9. The van der Waals surface area contributed by atoms with Crippen molar-refractivity contribution < 1.29 is 9.59 Å². The largest absolute Gasteiger partial charge is 0.327 e. The van der Waals surface area contributed by atoms with Crippen LogP contribution in [0, 0.1) is 20.8 Å². The summed E-state index contributed by atoms with van der Waals surface area (Å²) in [5, 5.41) is 8.51. The highest BCUT2D eigenvalue weighted by atomic mass is 16.2. The van der Waals surface area contributed by atoms with Gasteiger partial charge in [0.15, 0.2) is 0 Å². The third kappa shape index (κ3) is 3.77. The second-order valence-electron chi connectivity index (χ2n) is 6.81. The summed E-state index contributed by atoms with van der Waals surface area (Å²) < 4.78 is 0. The summed E-state index contributed by atoms with van der Waals surface area (Å²) in [4.78, 5) is 24.9. The van der Waals surface area contributed by atoms with Gasteiger partial charge in [-0.05, 0) is 56.5 Å². The maximum atomic E-state index is 13.0. The van der Waals surface area contributed by atoms with Gasteiger partial charge in [0.05, 0.1) is 11.6 Å². The molecule has 5 heteroatoms. The molecule has 134 valence electrons. The standard InChI is InChI=1S/C21H23N3O2/c1-12-5-7-16(8-6-12)19-18(15(4)22-21(26)24-19)20(25)23-17-10-13(2)9-14(3)11-17/h5-11,19H,1-4H3,(H,23,25)(H2,22,24,26)/t19-/m0/s1. The van der Waals surface area contributed by atoms with Gasteiger partial charge in [0, 0.05) is 11.4 Å². The van der Waals surface area contributed by atoms with E-state index in [2.05, 4.69) is 22.0 Å². The fourth-order valence-electron chi connectivity index (χ4n) is 3.25. The first kappa shape index (κ1) is 17.7. The van der Waals surface area contributed by atoms with E-state index in [1.165, 1.54) is 0 Å². The molecule has 1 aliphatic heterocycles. The van der Waals surface area contributed by atoms with Crippen LogP contribution in [0.15, 0.2) is 53.7 Å². The zero-order valence-corrected chi connectivity index (χ0v) is 15.4. The normalized spacial score (nSPS) is 16.8. The quantitative estimate of drug-likeness (QED) is 0.787. The molecule has 3 amide bonds. The molecule has 0 aliphatic carbocycles. The predicted molar refractivity (Wildman–Crippen MR) is 103 cm³/mol. The number of nitrogens with one attached hydrogen (secondary N) is 3. The highest BCUT2D eigenvalue weighted by molar-refractivity contribution is 6.06. The van der Waals surface area contributed by atoms with Crippen LogP contribution in [0.2, 0.25) is 0 Å². The molecule has 3 N–H and O–H groups in total. The lowest BCUT2D eigenvalue weighted by Crippen LogP contribution is -2.45. The van der Waals surface area contributed by atoms with E-state index in [9.17, 15) is 9.59 Å². The van der Waals surface area contributed by atoms with Crippen molar-refractivity contribution in [1.29, 1.82) is 0 Å². The number of urea groups is 1. The van der Waals surface area contributed by atoms with Crippen LogP contribution in [-0.4, -0.2) is 11.9 Å². The van der Waals surface area contributed by atoms with E-state index in [4.69, 9.17) is 0 Å². The van der Waals surface area contributed by atoms with E-state index in [1.807, 2.05) is 57.2 Å². The number of amides is 3. The van der Waals surface area contributed by atoms with Crippen molar-refractivity contribution in [2.75, 3.05) is 5.32 Å². The zero-order valence-electron chi connectivity index (χ0n) is 15.4. The minimum atomic E-state index is -0.491. The monoisotopic (exact) mass is 349 g/mol. The molecular weight excluding hydrogens is 326 g/mol. The van der Waals surface area contributed by atoms with Crippen LogP contribution < -0.4 is 16.0 Å². The number of hydrogen-bond acceptors (Lipinski definition) is 2. The van der Waals surface area contributed by atoms with Crippen molar-refractivity contribution in [3.63, 3.8) is 0 Å². The predicted octanol–water partition coefficient (Wildman–Crippen LogP) is 3.88. The van der Waals surface area contributed by atoms with Crippen LogP contribution in [0.5, 0.6) is 0 Å². The minimum Gasteiger partial charge on any atom is -0.327 e. The van der Waals surface area contributed by atoms with Crippen molar-refractivity contribution in [2.45, 2.75) is 33.7 Å². The van der Waals surface area contributed by atoms with Crippen molar-refractivity contribution in [1.82, 2.24) is 10.6 Å². The van der Waals surface area contributed by atoms with Gasteiger partial charge in [0.25, 0.3) is 5.91 Å². The number of aryl methyl sites for hydroxylation is 3. The summed E-state index contributed by atoms with van der Waals surface area (Å²) in [7, 11) is 0. The Morgan fingerprint density at radius 3 is 2.15 bits per heavy atom. The van der Waals surface area contributed by atoms with Crippen LogP contribution in [-0.2, 0) is 4.79 Å². The number of hydrogen-bond donors (Lipinski definition) is 3. The van der Waals surface area contributed by atoms with Gasteiger partial charge >= 0.3 is 6.03 Å². The lowest BCUT2D eigenvalue weighted by atomic mass is 9.94. The van der Waals surface area contributed by atoms with Crippen LogP contribution in [0.3, 0.4) is 0 Å². The maximum absolute atomic E-state index is 13.0. The Bertz CT molecular complexity index is 878. The first-order valence-corrected chi connectivity index (χ1v) is 8.58. The van der Waals surface area contributed by atoms with Crippen molar-refractivity contribution >= 4 is 17.6 Å². The Morgan fingerprint density at radius 2 is 1.54 bits per heavy atom. The molecule has 0 saturated carbocycles. The molecule has 0 unspecified atom stereocenters. The number of rotatable bonds is 3. The van der Waals surface area contributed by atoms with E-state index in [1.54, 1.807) is 6.92 Å². The first-order chi connectivity index (χ1) is 12.3. The SMILES string of the molecule is CC1=C(C(=O)Nc2cc(C)cc(C)c2)[C@H](c2ccc(C)cc2)NC(=O)N1. The molecule has 0 radical (unpaired) electrons. The van der Waals surface area contributed by atoms with Gasteiger partial charge in [-0.3, -0.25) is 4.79 Å². The van der Waals surface area contributed by atoms with Gasteiger partial charge in [-0.25, -0.2) is 4.79 Å². The van der Waals surface area contributed by atoms with Crippen molar-refractivity contribution in [2.24, 2.45) is 0 Å². The number of allylic oxidation sites excluding steroid dienone is 1. The number of carbonyl (C=O) groups is 2. The van der Waals surface area contributed by atoms with E-state index in [0.717, 1.165) is 27.9 Å². The molecule has 2 aromatic carbocycles. The van der Waals surface area contributed by atoms with Crippen LogP contribution >= 0.6 is 0 Å². The first-order valence-electron chi connectivity index (χ1n) is 8.58. The third-order valence-electron chi connectivity index (χ3n) is 4.40.